The number of carboxylic acids is 2. The number of amides is 3. The molecular formula is C18H32N4O9. The molecule has 13 nitrogen and oxygen atoms in total. The summed E-state index contributed by atoms with van der Waals surface area (Å²) in [6, 6.07) is -5.53. The molecule has 9 N–H and O–H groups in total. The molecule has 0 aliphatic rings. The van der Waals surface area contributed by atoms with Gasteiger partial charge in [-0.3, -0.25) is 19.2 Å². The third-order valence-electron chi connectivity index (χ3n) is 4.66. The van der Waals surface area contributed by atoms with Gasteiger partial charge in [-0.1, -0.05) is 20.3 Å². The Morgan fingerprint density at radius 3 is 1.84 bits per heavy atom. The summed E-state index contributed by atoms with van der Waals surface area (Å²) in [6.45, 7) is 3.71. The number of carbonyl (C=O) groups excluding carboxylic acids is 3. The maximum absolute atomic E-state index is 12.7. The first kappa shape index (κ1) is 28.2. The first-order valence-electron chi connectivity index (χ1n) is 9.75. The van der Waals surface area contributed by atoms with Crippen LogP contribution in [0.25, 0.3) is 0 Å². The maximum atomic E-state index is 12.7. The molecule has 0 aromatic heterocycles. The van der Waals surface area contributed by atoms with Crippen LogP contribution in [-0.2, 0) is 24.0 Å². The summed E-state index contributed by atoms with van der Waals surface area (Å²) in [7, 11) is 0. The maximum Gasteiger partial charge on any atom is 0.328 e. The van der Waals surface area contributed by atoms with Gasteiger partial charge in [0.2, 0.25) is 17.7 Å². The quantitative estimate of drug-likeness (QED) is 0.135. The predicted molar refractivity (Wildman–Crippen MR) is 106 cm³/mol. The predicted octanol–water partition coefficient (Wildman–Crippen LogP) is -2.86. The number of aliphatic hydroxyl groups is 2. The van der Waals surface area contributed by atoms with Gasteiger partial charge in [0, 0.05) is 6.42 Å². The van der Waals surface area contributed by atoms with Crippen LogP contribution < -0.4 is 21.7 Å². The lowest BCUT2D eigenvalue weighted by Gasteiger charge is -2.28. The first-order chi connectivity index (χ1) is 14.3. The van der Waals surface area contributed by atoms with Crippen LogP contribution >= 0.6 is 0 Å². The number of carbonyl (C=O) groups is 5. The number of nitrogens with two attached hydrogens (primary N) is 1. The summed E-state index contributed by atoms with van der Waals surface area (Å²) >= 11 is 0. The van der Waals surface area contributed by atoms with Crippen molar-refractivity contribution in [2.75, 3.05) is 6.61 Å². The summed E-state index contributed by atoms with van der Waals surface area (Å²) < 4.78 is 0. The van der Waals surface area contributed by atoms with E-state index >= 15 is 0 Å². The zero-order valence-electron chi connectivity index (χ0n) is 17.7. The van der Waals surface area contributed by atoms with E-state index < -0.39 is 72.5 Å². The molecule has 6 unspecified atom stereocenters. The molecule has 0 aromatic rings. The number of hydrogen-bond donors (Lipinski definition) is 8. The van der Waals surface area contributed by atoms with Crippen molar-refractivity contribution in [1.29, 1.82) is 0 Å². The van der Waals surface area contributed by atoms with E-state index in [1.165, 1.54) is 6.92 Å². The minimum absolute atomic E-state index is 0.190. The van der Waals surface area contributed by atoms with Gasteiger partial charge in [-0.15, -0.1) is 0 Å². The molecule has 0 bridgehead atoms. The molecule has 0 rings (SSSR count). The van der Waals surface area contributed by atoms with Gasteiger partial charge in [0.25, 0.3) is 0 Å². The van der Waals surface area contributed by atoms with Crippen molar-refractivity contribution in [1.82, 2.24) is 16.0 Å². The van der Waals surface area contributed by atoms with Crippen molar-refractivity contribution in [3.05, 3.63) is 0 Å². The summed E-state index contributed by atoms with van der Waals surface area (Å²) in [5, 5.41) is 43.4. The fraction of sp³-hybridized carbons (Fsp3) is 0.722. The van der Waals surface area contributed by atoms with Crippen LogP contribution in [0.4, 0.5) is 0 Å². The van der Waals surface area contributed by atoms with Gasteiger partial charge in [0.1, 0.15) is 18.1 Å². The van der Waals surface area contributed by atoms with Gasteiger partial charge >= 0.3 is 11.9 Å². The molecule has 3 amide bonds. The summed E-state index contributed by atoms with van der Waals surface area (Å²) in [5.41, 5.74) is 5.60. The van der Waals surface area contributed by atoms with Crippen molar-refractivity contribution in [3.8, 4) is 0 Å². The van der Waals surface area contributed by atoms with Crippen LogP contribution in [0, 0.1) is 5.92 Å². The lowest BCUT2D eigenvalue weighted by molar-refractivity contribution is -0.144. The van der Waals surface area contributed by atoms with E-state index in [1.807, 2.05) is 0 Å². The van der Waals surface area contributed by atoms with Gasteiger partial charge in [-0.2, -0.15) is 0 Å². The van der Waals surface area contributed by atoms with Crippen molar-refractivity contribution >= 4 is 29.7 Å². The number of nitrogens with one attached hydrogen (secondary N) is 3. The van der Waals surface area contributed by atoms with Crippen LogP contribution in [0.15, 0.2) is 0 Å². The SMILES string of the molecule is CCC(C)C(NC(=O)C(NC(=O)C(N)CCC(=O)O)C(C)O)C(=O)NC(CO)C(=O)O. The molecule has 0 radical (unpaired) electrons. The zero-order valence-corrected chi connectivity index (χ0v) is 17.7. The number of aliphatic hydroxyl groups excluding tert-OH is 2. The number of aliphatic carboxylic acids is 2. The molecule has 13 heteroatoms. The average molecular weight is 448 g/mol. The molecule has 178 valence electrons. The van der Waals surface area contributed by atoms with Crippen molar-refractivity contribution < 1.29 is 44.4 Å². The lowest BCUT2D eigenvalue weighted by atomic mass is 9.97. The average Bonchev–Trinajstić information content (AvgIpc) is 2.70. The van der Waals surface area contributed by atoms with Crippen LogP contribution in [0.3, 0.4) is 0 Å². The Bertz CT molecular complexity index is 656. The highest BCUT2D eigenvalue weighted by Gasteiger charge is 2.34. The van der Waals surface area contributed by atoms with Crippen LogP contribution in [0.1, 0.15) is 40.0 Å². The Morgan fingerprint density at radius 1 is 0.903 bits per heavy atom. The molecule has 0 aliphatic carbocycles. The topological polar surface area (TPSA) is 228 Å². The van der Waals surface area contributed by atoms with Crippen molar-refractivity contribution in [3.63, 3.8) is 0 Å². The molecular weight excluding hydrogens is 416 g/mol. The Morgan fingerprint density at radius 2 is 1.42 bits per heavy atom. The van der Waals surface area contributed by atoms with Crippen LogP contribution in [0.5, 0.6) is 0 Å². The van der Waals surface area contributed by atoms with Gasteiger partial charge in [-0.05, 0) is 19.3 Å². The molecule has 0 spiro atoms. The van der Waals surface area contributed by atoms with E-state index in [1.54, 1.807) is 13.8 Å². The molecule has 0 aliphatic heterocycles. The van der Waals surface area contributed by atoms with Gasteiger partial charge in [-0.25, -0.2) is 4.79 Å². The molecule has 6 atom stereocenters. The standard InChI is InChI=1S/C18H32N4O9/c1-4-8(2)13(16(28)20-11(7-23)18(30)31)21-17(29)14(9(3)24)22-15(27)10(19)5-6-12(25)26/h8-11,13-14,23-24H,4-7,19H2,1-3H3,(H,20,28)(H,21,29)(H,22,27)(H,25,26)(H,30,31). The molecule has 0 fully saturated rings. The number of hydrogen-bond acceptors (Lipinski definition) is 8. The molecule has 0 aromatic carbocycles. The zero-order chi connectivity index (χ0) is 24.3. The minimum atomic E-state index is -1.57. The summed E-state index contributed by atoms with van der Waals surface area (Å²) in [4.78, 5) is 59.0. The second-order valence-electron chi connectivity index (χ2n) is 7.22. The smallest absolute Gasteiger partial charge is 0.328 e. The highest BCUT2D eigenvalue weighted by atomic mass is 16.4. The van der Waals surface area contributed by atoms with E-state index in [0.29, 0.717) is 6.42 Å². The van der Waals surface area contributed by atoms with Gasteiger partial charge < -0.3 is 42.1 Å². The van der Waals surface area contributed by atoms with Crippen molar-refractivity contribution in [2.45, 2.75) is 70.3 Å². The van der Waals surface area contributed by atoms with E-state index in [-0.39, 0.29) is 12.8 Å². The molecule has 0 heterocycles. The Kier molecular flexibility index (Phi) is 12.3. The third kappa shape index (κ3) is 9.72. The second-order valence-corrected chi connectivity index (χ2v) is 7.22. The van der Waals surface area contributed by atoms with Gasteiger partial charge in [0.05, 0.1) is 18.8 Å². The minimum Gasteiger partial charge on any atom is -0.481 e. The summed E-state index contributed by atoms with van der Waals surface area (Å²) in [6.07, 6.45) is -1.53. The van der Waals surface area contributed by atoms with E-state index in [2.05, 4.69) is 16.0 Å². The van der Waals surface area contributed by atoms with E-state index in [0.717, 1.165) is 0 Å². The Labute approximate surface area is 179 Å². The molecule has 0 saturated heterocycles. The Balaban J connectivity index is 5.36. The number of carboxylic acid groups (broad SMARTS) is 2. The highest BCUT2D eigenvalue weighted by molar-refractivity contribution is 5.94. The first-order valence-corrected chi connectivity index (χ1v) is 9.75. The fourth-order valence-electron chi connectivity index (χ4n) is 2.47. The van der Waals surface area contributed by atoms with Crippen molar-refractivity contribution in [2.24, 2.45) is 11.7 Å². The largest absolute Gasteiger partial charge is 0.481 e. The highest BCUT2D eigenvalue weighted by Crippen LogP contribution is 2.10. The normalized spacial score (nSPS) is 16.7. The fourth-order valence-corrected chi connectivity index (χ4v) is 2.47. The summed E-state index contributed by atoms with van der Waals surface area (Å²) in [5.74, 6) is -5.73. The molecule has 31 heavy (non-hydrogen) atoms. The lowest BCUT2D eigenvalue weighted by Crippen LogP contribution is -2.61. The van der Waals surface area contributed by atoms with Gasteiger partial charge in [0.15, 0.2) is 0 Å². The van der Waals surface area contributed by atoms with Crippen LogP contribution in [0.2, 0.25) is 0 Å². The third-order valence-corrected chi connectivity index (χ3v) is 4.66. The monoisotopic (exact) mass is 448 g/mol. The van der Waals surface area contributed by atoms with E-state index in [4.69, 9.17) is 21.1 Å². The van der Waals surface area contributed by atoms with E-state index in [9.17, 15) is 29.1 Å². The Hall–Kier alpha value is -2.77. The second kappa shape index (κ2) is 13.5. The molecule has 0 saturated carbocycles. The number of rotatable bonds is 14. The van der Waals surface area contributed by atoms with Crippen LogP contribution in [-0.4, -0.2) is 87.0 Å².